The topological polar surface area (TPSA) is 67.5 Å². The van der Waals surface area contributed by atoms with E-state index in [1.165, 1.54) is 0 Å². The van der Waals surface area contributed by atoms with Gasteiger partial charge in [-0.15, -0.1) is 0 Å². The zero-order chi connectivity index (χ0) is 14.0. The average molecular weight is 280 g/mol. The molecule has 19 heavy (non-hydrogen) atoms. The highest BCUT2D eigenvalue weighted by Gasteiger charge is 2.51. The molecular weight excluding hydrogens is 266 g/mol. The Morgan fingerprint density at radius 2 is 2.16 bits per heavy atom. The monoisotopic (exact) mass is 279 g/mol. The molecular formula is C13H14ClN3O2. The molecule has 1 atom stereocenters. The molecule has 0 aliphatic heterocycles. The smallest absolute Gasteiger partial charge is 0.313 e. The number of aliphatic carboxylic acids is 1. The van der Waals surface area contributed by atoms with E-state index in [1.807, 2.05) is 13.8 Å². The van der Waals surface area contributed by atoms with Gasteiger partial charge in [0.2, 0.25) is 0 Å². The van der Waals surface area contributed by atoms with Crippen molar-refractivity contribution >= 4 is 23.2 Å². The van der Waals surface area contributed by atoms with Gasteiger partial charge >= 0.3 is 5.97 Å². The molecule has 3 rings (SSSR count). The lowest BCUT2D eigenvalue weighted by atomic mass is 9.81. The lowest BCUT2D eigenvalue weighted by Gasteiger charge is -2.22. The fraction of sp³-hybridized carbons (Fsp3) is 0.462. The third-order valence-corrected chi connectivity index (χ3v) is 4.14. The van der Waals surface area contributed by atoms with Gasteiger partial charge in [-0.1, -0.05) is 25.4 Å². The number of carboxylic acid groups (broad SMARTS) is 1. The second-order valence-electron chi connectivity index (χ2n) is 5.96. The Hall–Kier alpha value is -1.62. The summed E-state index contributed by atoms with van der Waals surface area (Å²) in [6.45, 7) is 5.78. The number of carboxylic acids is 1. The molecule has 0 radical (unpaired) electrons. The van der Waals surface area contributed by atoms with Gasteiger partial charge in [0.25, 0.3) is 0 Å². The molecule has 1 N–H and O–H groups in total. The van der Waals surface area contributed by atoms with Crippen LogP contribution in [0.2, 0.25) is 5.15 Å². The summed E-state index contributed by atoms with van der Waals surface area (Å²) in [4.78, 5) is 15.9. The van der Waals surface area contributed by atoms with Crippen molar-refractivity contribution in [2.75, 3.05) is 0 Å². The van der Waals surface area contributed by atoms with E-state index in [1.54, 1.807) is 23.7 Å². The predicted molar refractivity (Wildman–Crippen MR) is 70.6 cm³/mol. The first kappa shape index (κ1) is 12.4. The Labute approximate surface area is 115 Å². The minimum atomic E-state index is -0.932. The number of hydrogen-bond acceptors (Lipinski definition) is 3. The molecule has 2 aromatic heterocycles. The van der Waals surface area contributed by atoms with E-state index in [-0.39, 0.29) is 5.41 Å². The van der Waals surface area contributed by atoms with Crippen LogP contribution in [-0.4, -0.2) is 25.7 Å². The average Bonchev–Trinajstić information content (AvgIpc) is 2.74. The molecule has 0 saturated carbocycles. The van der Waals surface area contributed by atoms with E-state index in [4.69, 9.17) is 11.6 Å². The van der Waals surface area contributed by atoms with Gasteiger partial charge in [0.05, 0.1) is 11.1 Å². The Morgan fingerprint density at radius 1 is 1.47 bits per heavy atom. The standard InChI is InChI=1S/C13H14ClN3O2/c1-12(2)6-13(3,11(18)19)7-5-15-9-4-8(14)16-17(9)10(7)12/h4-5H,6H2,1-3H3,(H,18,19). The quantitative estimate of drug-likeness (QED) is 0.870. The van der Waals surface area contributed by atoms with Gasteiger partial charge < -0.3 is 5.11 Å². The lowest BCUT2D eigenvalue weighted by Crippen LogP contribution is -2.31. The Kier molecular flexibility index (Phi) is 2.27. The molecule has 0 bridgehead atoms. The molecule has 2 aromatic rings. The van der Waals surface area contributed by atoms with Crippen LogP contribution in [0.3, 0.4) is 0 Å². The van der Waals surface area contributed by atoms with Crippen LogP contribution < -0.4 is 0 Å². The van der Waals surface area contributed by atoms with Gasteiger partial charge in [-0.25, -0.2) is 9.50 Å². The zero-order valence-corrected chi connectivity index (χ0v) is 11.7. The Bertz CT molecular complexity index is 707. The van der Waals surface area contributed by atoms with E-state index in [9.17, 15) is 9.90 Å². The molecule has 2 heterocycles. The minimum absolute atomic E-state index is 0.293. The van der Waals surface area contributed by atoms with E-state index in [2.05, 4.69) is 10.1 Å². The van der Waals surface area contributed by atoms with Crippen LogP contribution in [0.4, 0.5) is 0 Å². The lowest BCUT2D eigenvalue weighted by molar-refractivity contribution is -0.143. The fourth-order valence-corrected chi connectivity index (χ4v) is 3.39. The third kappa shape index (κ3) is 1.51. The van der Waals surface area contributed by atoms with Crippen molar-refractivity contribution in [1.29, 1.82) is 0 Å². The zero-order valence-electron chi connectivity index (χ0n) is 10.9. The summed E-state index contributed by atoms with van der Waals surface area (Å²) in [6, 6.07) is 1.67. The molecule has 1 aliphatic rings. The number of carbonyl (C=O) groups is 1. The molecule has 0 fully saturated rings. The first-order chi connectivity index (χ1) is 8.75. The molecule has 6 heteroatoms. The van der Waals surface area contributed by atoms with Crippen LogP contribution >= 0.6 is 11.6 Å². The maximum atomic E-state index is 11.6. The maximum absolute atomic E-state index is 11.6. The summed E-state index contributed by atoms with van der Waals surface area (Å²) >= 11 is 5.92. The van der Waals surface area contributed by atoms with Crippen molar-refractivity contribution in [3.8, 4) is 0 Å². The second-order valence-corrected chi connectivity index (χ2v) is 6.34. The maximum Gasteiger partial charge on any atom is 0.313 e. The molecule has 1 aliphatic carbocycles. The highest BCUT2D eigenvalue weighted by Crippen LogP contribution is 2.49. The molecule has 0 amide bonds. The van der Waals surface area contributed by atoms with Gasteiger partial charge in [0, 0.05) is 23.2 Å². The summed E-state index contributed by atoms with van der Waals surface area (Å²) in [5, 5.41) is 14.1. The summed E-state index contributed by atoms with van der Waals surface area (Å²) in [5.74, 6) is -0.835. The summed E-state index contributed by atoms with van der Waals surface area (Å²) in [6.07, 6.45) is 2.16. The number of rotatable bonds is 1. The third-order valence-electron chi connectivity index (χ3n) is 3.96. The van der Waals surface area contributed by atoms with E-state index >= 15 is 0 Å². The molecule has 0 aromatic carbocycles. The highest BCUT2D eigenvalue weighted by molar-refractivity contribution is 6.29. The molecule has 5 nitrogen and oxygen atoms in total. The molecule has 100 valence electrons. The fourth-order valence-electron chi connectivity index (χ4n) is 3.21. The number of hydrogen-bond donors (Lipinski definition) is 1. The van der Waals surface area contributed by atoms with E-state index < -0.39 is 11.4 Å². The van der Waals surface area contributed by atoms with E-state index in [0.29, 0.717) is 17.2 Å². The van der Waals surface area contributed by atoms with Crippen molar-refractivity contribution in [3.05, 3.63) is 28.7 Å². The van der Waals surface area contributed by atoms with Crippen LogP contribution in [0.25, 0.3) is 5.65 Å². The Morgan fingerprint density at radius 3 is 2.79 bits per heavy atom. The van der Waals surface area contributed by atoms with Crippen molar-refractivity contribution in [2.24, 2.45) is 0 Å². The molecule has 1 unspecified atom stereocenters. The van der Waals surface area contributed by atoms with Gasteiger partial charge in [-0.3, -0.25) is 4.79 Å². The van der Waals surface area contributed by atoms with Crippen molar-refractivity contribution < 1.29 is 9.90 Å². The van der Waals surface area contributed by atoms with Crippen LogP contribution in [0.1, 0.15) is 38.4 Å². The predicted octanol–water partition coefficient (Wildman–Crippen LogP) is 2.41. The normalized spacial score (nSPS) is 24.6. The summed E-state index contributed by atoms with van der Waals surface area (Å²) < 4.78 is 1.67. The number of halogens is 1. The van der Waals surface area contributed by atoms with Crippen LogP contribution in [-0.2, 0) is 15.6 Å². The number of nitrogens with zero attached hydrogens (tertiary/aromatic N) is 3. The van der Waals surface area contributed by atoms with Gasteiger partial charge in [0.1, 0.15) is 0 Å². The van der Waals surface area contributed by atoms with E-state index in [0.717, 1.165) is 11.3 Å². The SMILES string of the molecule is CC1(C)CC(C)(C(=O)O)c2cnc3cc(Cl)nn3c21. The first-order valence-electron chi connectivity index (χ1n) is 6.04. The highest BCUT2D eigenvalue weighted by atomic mass is 35.5. The largest absolute Gasteiger partial charge is 0.481 e. The summed E-state index contributed by atoms with van der Waals surface area (Å²) in [5.41, 5.74) is 1.02. The van der Waals surface area contributed by atoms with Crippen molar-refractivity contribution in [2.45, 2.75) is 38.0 Å². The summed E-state index contributed by atoms with van der Waals surface area (Å²) in [7, 11) is 0. The van der Waals surface area contributed by atoms with Gasteiger partial charge in [-0.2, -0.15) is 5.10 Å². The Balaban J connectivity index is 2.41. The van der Waals surface area contributed by atoms with Crippen molar-refractivity contribution in [1.82, 2.24) is 14.6 Å². The molecule has 0 spiro atoms. The van der Waals surface area contributed by atoms with Crippen LogP contribution in [0.5, 0.6) is 0 Å². The first-order valence-corrected chi connectivity index (χ1v) is 6.42. The van der Waals surface area contributed by atoms with Crippen LogP contribution in [0, 0.1) is 0 Å². The molecule has 0 saturated heterocycles. The van der Waals surface area contributed by atoms with Gasteiger partial charge in [0.15, 0.2) is 10.8 Å². The number of fused-ring (bicyclic) bond motifs is 3. The van der Waals surface area contributed by atoms with Crippen LogP contribution in [0.15, 0.2) is 12.3 Å². The minimum Gasteiger partial charge on any atom is -0.481 e. The van der Waals surface area contributed by atoms with Gasteiger partial charge in [-0.05, 0) is 13.3 Å². The van der Waals surface area contributed by atoms with Crippen molar-refractivity contribution in [3.63, 3.8) is 0 Å². The number of aromatic nitrogens is 3. The second kappa shape index (κ2) is 3.48.